The van der Waals surface area contributed by atoms with Crippen molar-refractivity contribution in [1.82, 2.24) is 5.32 Å². The second kappa shape index (κ2) is 6.75. The van der Waals surface area contributed by atoms with Crippen LogP contribution < -0.4 is 11.1 Å². The molecule has 0 aliphatic heterocycles. The molecule has 1 aromatic rings. The topological polar surface area (TPSA) is 64.3 Å². The van der Waals surface area contributed by atoms with Crippen molar-refractivity contribution < 1.29 is 9.53 Å². The quantitative estimate of drug-likeness (QED) is 0.647. The predicted molar refractivity (Wildman–Crippen MR) is 76.2 cm³/mol. The number of hydrogen-bond acceptors (Lipinski definition) is 4. The third kappa shape index (κ3) is 3.71. The largest absolute Gasteiger partial charge is 0.465 e. The number of anilines is 1. The predicted octanol–water partition coefficient (Wildman–Crippen LogP) is 2.38. The van der Waals surface area contributed by atoms with Crippen molar-refractivity contribution in [2.24, 2.45) is 0 Å². The van der Waals surface area contributed by atoms with E-state index in [0.29, 0.717) is 13.2 Å². The molecule has 1 rings (SSSR count). The summed E-state index contributed by atoms with van der Waals surface area (Å²) in [7, 11) is 0. The maximum absolute atomic E-state index is 11.5. The highest BCUT2D eigenvalue weighted by Gasteiger charge is 2.14. The van der Waals surface area contributed by atoms with Crippen LogP contribution in [-0.4, -0.2) is 18.6 Å². The smallest absolute Gasteiger partial charge is 0.322 e. The molecule has 5 heteroatoms. The molecule has 4 nitrogen and oxygen atoms in total. The molecule has 0 heterocycles. The first-order valence-electron chi connectivity index (χ1n) is 5.90. The van der Waals surface area contributed by atoms with Crippen molar-refractivity contribution in [2.75, 3.05) is 12.3 Å². The molecule has 0 bridgehead atoms. The summed E-state index contributed by atoms with van der Waals surface area (Å²) in [6.07, 6.45) is 0. The van der Waals surface area contributed by atoms with E-state index in [4.69, 9.17) is 10.5 Å². The molecule has 0 spiro atoms. The van der Waals surface area contributed by atoms with Crippen molar-refractivity contribution in [3.63, 3.8) is 0 Å². The molecule has 0 unspecified atom stereocenters. The first kappa shape index (κ1) is 15.0. The van der Waals surface area contributed by atoms with Crippen molar-refractivity contribution in [3.05, 3.63) is 27.7 Å². The highest BCUT2D eigenvalue weighted by Crippen LogP contribution is 2.24. The van der Waals surface area contributed by atoms with Gasteiger partial charge in [0.15, 0.2) is 0 Å². The minimum atomic E-state index is -0.345. The minimum Gasteiger partial charge on any atom is -0.465 e. The number of esters is 1. The van der Waals surface area contributed by atoms with Gasteiger partial charge in [-0.05, 0) is 44.0 Å². The van der Waals surface area contributed by atoms with E-state index in [1.807, 2.05) is 19.1 Å². The van der Waals surface area contributed by atoms with Gasteiger partial charge >= 0.3 is 5.97 Å². The Balaban J connectivity index is 2.69. The maximum atomic E-state index is 11.5. The standard InChI is InChI=1S/C13H19BrN2O2/c1-4-18-13(17)9(3)16-7-10-8(2)11(14)5-6-12(10)15/h5-6,9,16H,4,7,15H2,1-3H3/t9-/m1/s1. The molecule has 0 amide bonds. The zero-order chi connectivity index (χ0) is 13.7. The Kier molecular flexibility index (Phi) is 5.62. The maximum Gasteiger partial charge on any atom is 0.322 e. The van der Waals surface area contributed by atoms with Crippen LogP contribution in [0.4, 0.5) is 5.69 Å². The summed E-state index contributed by atoms with van der Waals surface area (Å²) in [5, 5.41) is 3.12. The van der Waals surface area contributed by atoms with E-state index < -0.39 is 0 Å². The number of rotatable bonds is 5. The lowest BCUT2D eigenvalue weighted by Gasteiger charge is -2.16. The Morgan fingerprint density at radius 2 is 2.22 bits per heavy atom. The fourth-order valence-corrected chi connectivity index (χ4v) is 1.96. The van der Waals surface area contributed by atoms with E-state index in [2.05, 4.69) is 21.2 Å². The van der Waals surface area contributed by atoms with Crippen LogP contribution in [0.3, 0.4) is 0 Å². The molecule has 1 aromatic carbocycles. The normalized spacial score (nSPS) is 12.2. The SMILES string of the molecule is CCOC(=O)[C@@H](C)NCc1c(N)ccc(Br)c1C. The molecule has 100 valence electrons. The lowest BCUT2D eigenvalue weighted by Crippen LogP contribution is -2.35. The van der Waals surface area contributed by atoms with Gasteiger partial charge < -0.3 is 15.8 Å². The zero-order valence-electron chi connectivity index (χ0n) is 10.9. The summed E-state index contributed by atoms with van der Waals surface area (Å²) in [6.45, 7) is 6.50. The van der Waals surface area contributed by atoms with Crippen LogP contribution in [0.5, 0.6) is 0 Å². The van der Waals surface area contributed by atoms with E-state index >= 15 is 0 Å². The number of ether oxygens (including phenoxy) is 1. The van der Waals surface area contributed by atoms with Gasteiger partial charge in [0.1, 0.15) is 6.04 Å². The van der Waals surface area contributed by atoms with Gasteiger partial charge in [0.25, 0.3) is 0 Å². The molecule has 0 saturated carbocycles. The van der Waals surface area contributed by atoms with Gasteiger partial charge in [0.05, 0.1) is 6.61 Å². The minimum absolute atomic E-state index is 0.247. The van der Waals surface area contributed by atoms with Gasteiger partial charge in [-0.15, -0.1) is 0 Å². The third-order valence-corrected chi connectivity index (χ3v) is 3.65. The molecule has 0 aromatic heterocycles. The monoisotopic (exact) mass is 314 g/mol. The van der Waals surface area contributed by atoms with Crippen molar-refractivity contribution in [3.8, 4) is 0 Å². The molecular formula is C13H19BrN2O2. The second-order valence-electron chi connectivity index (χ2n) is 4.09. The van der Waals surface area contributed by atoms with Crippen LogP contribution in [0.1, 0.15) is 25.0 Å². The third-order valence-electron chi connectivity index (χ3n) is 2.79. The molecule has 0 saturated heterocycles. The van der Waals surface area contributed by atoms with E-state index in [9.17, 15) is 4.79 Å². The number of nitrogen functional groups attached to an aromatic ring is 1. The zero-order valence-corrected chi connectivity index (χ0v) is 12.5. The van der Waals surface area contributed by atoms with E-state index in [-0.39, 0.29) is 12.0 Å². The number of halogens is 1. The Morgan fingerprint density at radius 3 is 2.83 bits per heavy atom. The summed E-state index contributed by atoms with van der Waals surface area (Å²) >= 11 is 3.47. The molecule has 3 N–H and O–H groups in total. The number of hydrogen-bond donors (Lipinski definition) is 2. The van der Waals surface area contributed by atoms with Crippen molar-refractivity contribution in [2.45, 2.75) is 33.4 Å². The average Bonchev–Trinajstić information content (AvgIpc) is 2.34. The van der Waals surface area contributed by atoms with Gasteiger partial charge in [0, 0.05) is 16.7 Å². The number of benzene rings is 1. The molecule has 0 radical (unpaired) electrons. The summed E-state index contributed by atoms with van der Waals surface area (Å²) < 4.78 is 5.95. The Labute approximate surface area is 116 Å². The molecule has 1 atom stereocenters. The highest BCUT2D eigenvalue weighted by molar-refractivity contribution is 9.10. The summed E-state index contributed by atoms with van der Waals surface area (Å²) in [6, 6.07) is 3.43. The molecule has 0 aliphatic rings. The summed E-state index contributed by atoms with van der Waals surface area (Å²) in [5.41, 5.74) is 8.74. The van der Waals surface area contributed by atoms with Gasteiger partial charge in [-0.25, -0.2) is 0 Å². The first-order valence-corrected chi connectivity index (χ1v) is 6.70. The number of carbonyl (C=O) groups excluding carboxylic acids is 1. The fraction of sp³-hybridized carbons (Fsp3) is 0.462. The van der Waals surface area contributed by atoms with E-state index in [0.717, 1.165) is 21.3 Å². The van der Waals surface area contributed by atoms with E-state index in [1.54, 1.807) is 13.8 Å². The number of carbonyl (C=O) groups is 1. The summed E-state index contributed by atoms with van der Waals surface area (Å²) in [5.74, 6) is -0.247. The van der Waals surface area contributed by atoms with Crippen LogP contribution in [0.15, 0.2) is 16.6 Å². The van der Waals surface area contributed by atoms with Crippen LogP contribution in [0, 0.1) is 6.92 Å². The van der Waals surface area contributed by atoms with E-state index in [1.165, 1.54) is 0 Å². The van der Waals surface area contributed by atoms with Gasteiger partial charge in [-0.2, -0.15) is 0 Å². The Hall–Kier alpha value is -1.07. The van der Waals surface area contributed by atoms with Crippen molar-refractivity contribution >= 4 is 27.6 Å². The summed E-state index contributed by atoms with van der Waals surface area (Å²) in [4.78, 5) is 11.5. The second-order valence-corrected chi connectivity index (χ2v) is 4.95. The number of nitrogens with two attached hydrogens (primary N) is 1. The average molecular weight is 315 g/mol. The van der Waals surface area contributed by atoms with Gasteiger partial charge in [-0.3, -0.25) is 4.79 Å². The van der Waals surface area contributed by atoms with Crippen LogP contribution >= 0.6 is 15.9 Å². The lowest BCUT2D eigenvalue weighted by atomic mass is 10.1. The van der Waals surface area contributed by atoms with Crippen LogP contribution in [-0.2, 0) is 16.1 Å². The molecular weight excluding hydrogens is 296 g/mol. The highest BCUT2D eigenvalue weighted by atomic mass is 79.9. The molecule has 0 fully saturated rings. The van der Waals surface area contributed by atoms with Crippen molar-refractivity contribution in [1.29, 1.82) is 0 Å². The van der Waals surface area contributed by atoms with Gasteiger partial charge in [-0.1, -0.05) is 15.9 Å². The Morgan fingerprint density at radius 1 is 1.56 bits per heavy atom. The Bertz CT molecular complexity index is 435. The fourth-order valence-electron chi connectivity index (χ4n) is 1.59. The molecule has 0 aliphatic carbocycles. The van der Waals surface area contributed by atoms with Crippen LogP contribution in [0.2, 0.25) is 0 Å². The first-order chi connectivity index (χ1) is 8.47. The van der Waals surface area contributed by atoms with Crippen LogP contribution in [0.25, 0.3) is 0 Å². The molecule has 18 heavy (non-hydrogen) atoms. The number of nitrogens with one attached hydrogen (secondary N) is 1. The lowest BCUT2D eigenvalue weighted by molar-refractivity contribution is -0.145. The van der Waals surface area contributed by atoms with Gasteiger partial charge in [0.2, 0.25) is 0 Å².